The average Bonchev–Trinajstić information content (AvgIpc) is 2.94. The van der Waals surface area contributed by atoms with Crippen molar-refractivity contribution in [3.05, 3.63) is 11.1 Å². The molecule has 1 aliphatic rings. The summed E-state index contributed by atoms with van der Waals surface area (Å²) in [6, 6.07) is 0.134. The largest absolute Gasteiger partial charge is 0.352 e. The van der Waals surface area contributed by atoms with Crippen LogP contribution in [0.1, 0.15) is 45.7 Å². The minimum absolute atomic E-state index is 0.0217. The summed E-state index contributed by atoms with van der Waals surface area (Å²) in [5, 5.41) is 8.18. The minimum atomic E-state index is -0.0868. The first-order valence-electron chi connectivity index (χ1n) is 8.71. The normalized spacial score (nSPS) is 16.8. The fourth-order valence-electron chi connectivity index (χ4n) is 2.76. The molecule has 1 aromatic rings. The molecule has 2 N–H and O–H groups in total. The Kier molecular flexibility index (Phi) is 7.17. The molecule has 1 saturated heterocycles. The molecule has 1 atom stereocenters. The summed E-state index contributed by atoms with van der Waals surface area (Å²) in [5.41, 5.74) is 0.696. The van der Waals surface area contributed by atoms with E-state index < -0.39 is 0 Å². The number of aromatic nitrogens is 1. The van der Waals surface area contributed by atoms with E-state index in [1.54, 1.807) is 0 Å². The number of piperidine rings is 1. The number of hydrogen-bond donors (Lipinski definition) is 2. The van der Waals surface area contributed by atoms with E-state index in [4.69, 9.17) is 0 Å². The van der Waals surface area contributed by atoms with Crippen molar-refractivity contribution in [1.82, 2.24) is 15.2 Å². The van der Waals surface area contributed by atoms with Crippen LogP contribution in [0.15, 0.2) is 5.38 Å². The van der Waals surface area contributed by atoms with E-state index in [-0.39, 0.29) is 30.2 Å². The lowest BCUT2D eigenvalue weighted by Gasteiger charge is -2.29. The average molecular weight is 353 g/mol. The van der Waals surface area contributed by atoms with Crippen LogP contribution in [0.4, 0.5) is 5.13 Å². The van der Waals surface area contributed by atoms with Gasteiger partial charge in [-0.05, 0) is 32.9 Å². The van der Waals surface area contributed by atoms with Gasteiger partial charge in [0, 0.05) is 23.9 Å². The second kappa shape index (κ2) is 9.13. The van der Waals surface area contributed by atoms with E-state index in [0.717, 1.165) is 19.6 Å². The van der Waals surface area contributed by atoms with Crippen molar-refractivity contribution in [3.63, 3.8) is 0 Å². The maximum absolute atomic E-state index is 12.2. The molecule has 24 heavy (non-hydrogen) atoms. The Bertz CT molecular complexity index is 553. The SMILES string of the molecule is CC(CN1CCCCC1)NC(=O)Cc1csc(NC(=O)C(C)C)n1. The molecule has 0 spiro atoms. The van der Waals surface area contributed by atoms with Gasteiger partial charge < -0.3 is 15.5 Å². The fourth-order valence-corrected chi connectivity index (χ4v) is 3.47. The summed E-state index contributed by atoms with van der Waals surface area (Å²) >= 11 is 1.35. The van der Waals surface area contributed by atoms with Gasteiger partial charge in [-0.2, -0.15) is 0 Å². The lowest BCUT2D eigenvalue weighted by molar-refractivity contribution is -0.121. The van der Waals surface area contributed by atoms with Crippen LogP contribution in [0, 0.1) is 5.92 Å². The summed E-state index contributed by atoms with van der Waals surface area (Å²) in [5.74, 6) is -0.168. The smallest absolute Gasteiger partial charge is 0.228 e. The van der Waals surface area contributed by atoms with Crippen LogP contribution in [0.3, 0.4) is 0 Å². The van der Waals surface area contributed by atoms with Crippen LogP contribution >= 0.6 is 11.3 Å². The zero-order valence-electron chi connectivity index (χ0n) is 14.8. The first-order valence-corrected chi connectivity index (χ1v) is 9.59. The standard InChI is InChI=1S/C17H28N4O2S/c1-12(2)16(23)20-17-19-14(11-24-17)9-15(22)18-13(3)10-21-7-5-4-6-8-21/h11-13H,4-10H2,1-3H3,(H,18,22)(H,19,20,23). The Hall–Kier alpha value is -1.47. The van der Waals surface area contributed by atoms with E-state index >= 15 is 0 Å². The van der Waals surface area contributed by atoms with Crippen molar-refractivity contribution < 1.29 is 9.59 Å². The molecule has 0 aromatic carbocycles. The summed E-state index contributed by atoms with van der Waals surface area (Å²) in [4.78, 5) is 30.5. The Labute approximate surface area is 148 Å². The number of likely N-dealkylation sites (tertiary alicyclic amines) is 1. The first-order chi connectivity index (χ1) is 11.4. The molecule has 134 valence electrons. The molecule has 1 fully saturated rings. The molecule has 1 unspecified atom stereocenters. The number of carbonyl (C=O) groups excluding carboxylic acids is 2. The molecule has 0 bridgehead atoms. The van der Waals surface area contributed by atoms with Gasteiger partial charge >= 0.3 is 0 Å². The Morgan fingerprint density at radius 2 is 1.96 bits per heavy atom. The van der Waals surface area contributed by atoms with Crippen molar-refractivity contribution in [3.8, 4) is 0 Å². The Balaban J connectivity index is 1.75. The van der Waals surface area contributed by atoms with E-state index in [1.165, 1.54) is 30.6 Å². The molecule has 1 aromatic heterocycles. The summed E-state index contributed by atoms with van der Waals surface area (Å²) in [7, 11) is 0. The number of anilines is 1. The predicted octanol–water partition coefficient (Wildman–Crippen LogP) is 2.27. The van der Waals surface area contributed by atoms with Gasteiger partial charge in [0.2, 0.25) is 11.8 Å². The van der Waals surface area contributed by atoms with Crippen molar-refractivity contribution in [2.75, 3.05) is 25.0 Å². The Morgan fingerprint density at radius 1 is 1.25 bits per heavy atom. The number of carbonyl (C=O) groups is 2. The van der Waals surface area contributed by atoms with Gasteiger partial charge in [0.1, 0.15) is 0 Å². The second-order valence-electron chi connectivity index (χ2n) is 6.79. The zero-order valence-corrected chi connectivity index (χ0v) is 15.6. The predicted molar refractivity (Wildman–Crippen MR) is 97.2 cm³/mol. The van der Waals surface area contributed by atoms with Crippen molar-refractivity contribution in [2.24, 2.45) is 5.92 Å². The highest BCUT2D eigenvalue weighted by atomic mass is 32.1. The summed E-state index contributed by atoms with van der Waals surface area (Å²) in [6.07, 6.45) is 4.07. The molecular weight excluding hydrogens is 324 g/mol. The highest BCUT2D eigenvalue weighted by Gasteiger charge is 2.16. The van der Waals surface area contributed by atoms with Gasteiger partial charge in [0.15, 0.2) is 5.13 Å². The molecule has 2 rings (SSSR count). The van der Waals surface area contributed by atoms with Crippen molar-refractivity contribution in [2.45, 2.75) is 52.5 Å². The Morgan fingerprint density at radius 3 is 2.62 bits per heavy atom. The number of amides is 2. The van der Waals surface area contributed by atoms with E-state index in [9.17, 15) is 9.59 Å². The van der Waals surface area contributed by atoms with Gasteiger partial charge in [-0.3, -0.25) is 9.59 Å². The molecule has 0 saturated carbocycles. The highest BCUT2D eigenvalue weighted by Crippen LogP contribution is 2.16. The third-order valence-electron chi connectivity index (χ3n) is 4.04. The molecule has 0 aliphatic carbocycles. The molecule has 2 heterocycles. The van der Waals surface area contributed by atoms with E-state index in [2.05, 4.69) is 20.5 Å². The first kappa shape index (κ1) is 18.9. The van der Waals surface area contributed by atoms with E-state index in [0.29, 0.717) is 10.8 Å². The zero-order chi connectivity index (χ0) is 17.5. The number of hydrogen-bond acceptors (Lipinski definition) is 5. The maximum atomic E-state index is 12.2. The van der Waals surface area contributed by atoms with E-state index in [1.807, 2.05) is 26.2 Å². The fraction of sp³-hybridized carbons (Fsp3) is 0.706. The molecule has 7 heteroatoms. The quantitative estimate of drug-likeness (QED) is 0.789. The number of thiazole rings is 1. The van der Waals surface area contributed by atoms with Crippen LogP contribution in [0.25, 0.3) is 0 Å². The van der Waals surface area contributed by atoms with Gasteiger partial charge in [0.25, 0.3) is 0 Å². The number of nitrogens with one attached hydrogen (secondary N) is 2. The van der Waals surface area contributed by atoms with Crippen LogP contribution in [-0.2, 0) is 16.0 Å². The lowest BCUT2D eigenvalue weighted by Crippen LogP contribution is -2.44. The topological polar surface area (TPSA) is 74.3 Å². The monoisotopic (exact) mass is 352 g/mol. The number of nitrogens with zero attached hydrogens (tertiary/aromatic N) is 2. The third-order valence-corrected chi connectivity index (χ3v) is 4.84. The minimum Gasteiger partial charge on any atom is -0.352 e. The molecule has 0 radical (unpaired) electrons. The van der Waals surface area contributed by atoms with Crippen LogP contribution in [0.2, 0.25) is 0 Å². The van der Waals surface area contributed by atoms with Crippen molar-refractivity contribution >= 4 is 28.3 Å². The van der Waals surface area contributed by atoms with Gasteiger partial charge in [-0.1, -0.05) is 20.3 Å². The van der Waals surface area contributed by atoms with Gasteiger partial charge in [0.05, 0.1) is 12.1 Å². The van der Waals surface area contributed by atoms with Crippen molar-refractivity contribution in [1.29, 1.82) is 0 Å². The van der Waals surface area contributed by atoms with Crippen LogP contribution in [-0.4, -0.2) is 47.4 Å². The molecular formula is C17H28N4O2S. The summed E-state index contributed by atoms with van der Waals surface area (Å²) < 4.78 is 0. The molecule has 1 aliphatic heterocycles. The molecule has 2 amide bonds. The third kappa shape index (κ3) is 6.20. The van der Waals surface area contributed by atoms with Crippen LogP contribution in [0.5, 0.6) is 0 Å². The highest BCUT2D eigenvalue weighted by molar-refractivity contribution is 7.13. The lowest BCUT2D eigenvalue weighted by atomic mass is 10.1. The summed E-state index contributed by atoms with van der Waals surface area (Å²) in [6.45, 7) is 8.87. The molecule has 6 nitrogen and oxygen atoms in total. The van der Waals surface area contributed by atoms with Gasteiger partial charge in [-0.15, -0.1) is 11.3 Å². The number of rotatable bonds is 7. The van der Waals surface area contributed by atoms with Crippen LogP contribution < -0.4 is 10.6 Å². The maximum Gasteiger partial charge on any atom is 0.228 e. The van der Waals surface area contributed by atoms with Gasteiger partial charge in [-0.25, -0.2) is 4.98 Å². The second-order valence-corrected chi connectivity index (χ2v) is 7.65.